The van der Waals surface area contributed by atoms with Gasteiger partial charge in [0.05, 0.1) is 11.9 Å². The van der Waals surface area contributed by atoms with Gasteiger partial charge < -0.3 is 10.6 Å². The van der Waals surface area contributed by atoms with E-state index in [4.69, 9.17) is 5.73 Å². The first-order valence-electron chi connectivity index (χ1n) is 7.14. The monoisotopic (exact) mass is 346 g/mol. The van der Waals surface area contributed by atoms with Crippen molar-refractivity contribution in [1.82, 2.24) is 9.88 Å². The summed E-state index contributed by atoms with van der Waals surface area (Å²) in [5.74, 6) is 0.575. The van der Waals surface area contributed by atoms with Crippen LogP contribution in [0.15, 0.2) is 47.1 Å². The normalized spacial score (nSPS) is 16.1. The molecule has 21 heavy (non-hydrogen) atoms. The van der Waals surface area contributed by atoms with Crippen LogP contribution in [0.5, 0.6) is 0 Å². The SMILES string of the molecule is Nc1ccc(N2CCN(Cc3ccccc3Br)CC2)cn1. The number of halogens is 1. The van der Waals surface area contributed by atoms with Crippen LogP contribution in [0.3, 0.4) is 0 Å². The van der Waals surface area contributed by atoms with Gasteiger partial charge in [0.2, 0.25) is 0 Å². The maximum absolute atomic E-state index is 5.64. The van der Waals surface area contributed by atoms with E-state index >= 15 is 0 Å². The molecule has 0 unspecified atom stereocenters. The van der Waals surface area contributed by atoms with Gasteiger partial charge in [-0.15, -0.1) is 0 Å². The van der Waals surface area contributed by atoms with Crippen LogP contribution in [-0.2, 0) is 6.54 Å². The van der Waals surface area contributed by atoms with E-state index in [-0.39, 0.29) is 0 Å². The van der Waals surface area contributed by atoms with Gasteiger partial charge in [-0.3, -0.25) is 4.90 Å². The topological polar surface area (TPSA) is 45.4 Å². The summed E-state index contributed by atoms with van der Waals surface area (Å²) in [6.45, 7) is 5.17. The highest BCUT2D eigenvalue weighted by molar-refractivity contribution is 9.10. The number of hydrogen-bond donors (Lipinski definition) is 1. The fourth-order valence-corrected chi connectivity index (χ4v) is 3.03. The Labute approximate surface area is 133 Å². The minimum Gasteiger partial charge on any atom is -0.384 e. The quantitative estimate of drug-likeness (QED) is 0.928. The standard InChI is InChI=1S/C16H19BrN4/c17-15-4-2-1-3-13(15)12-20-7-9-21(10-8-20)14-5-6-16(18)19-11-14/h1-6,11H,7-10,12H2,(H2,18,19). The van der Waals surface area contributed by atoms with Gasteiger partial charge in [-0.1, -0.05) is 34.1 Å². The van der Waals surface area contributed by atoms with Crippen LogP contribution >= 0.6 is 15.9 Å². The molecule has 0 bridgehead atoms. The summed E-state index contributed by atoms with van der Waals surface area (Å²) in [5.41, 5.74) is 8.14. The van der Waals surface area contributed by atoms with E-state index in [2.05, 4.69) is 55.0 Å². The molecular weight excluding hydrogens is 328 g/mol. The molecule has 1 aliphatic heterocycles. The molecule has 0 atom stereocenters. The first kappa shape index (κ1) is 14.4. The number of nitrogens with zero attached hydrogens (tertiary/aromatic N) is 3. The average molecular weight is 347 g/mol. The van der Waals surface area contributed by atoms with E-state index in [0.29, 0.717) is 5.82 Å². The molecular formula is C16H19BrN4. The molecule has 1 saturated heterocycles. The fraction of sp³-hybridized carbons (Fsp3) is 0.312. The second-order valence-electron chi connectivity index (χ2n) is 5.30. The van der Waals surface area contributed by atoms with Crippen molar-refractivity contribution in [1.29, 1.82) is 0 Å². The number of nitrogens with two attached hydrogens (primary N) is 1. The molecule has 2 N–H and O–H groups in total. The van der Waals surface area contributed by atoms with Gasteiger partial charge in [0.1, 0.15) is 5.82 Å². The summed E-state index contributed by atoms with van der Waals surface area (Å²) >= 11 is 3.62. The van der Waals surface area contributed by atoms with Crippen LogP contribution in [0, 0.1) is 0 Å². The van der Waals surface area contributed by atoms with Crippen LogP contribution in [0.2, 0.25) is 0 Å². The number of aromatic nitrogens is 1. The summed E-state index contributed by atoms with van der Waals surface area (Å²) in [6, 6.07) is 12.3. The number of piperazine rings is 1. The summed E-state index contributed by atoms with van der Waals surface area (Å²) in [6.07, 6.45) is 1.86. The third-order valence-corrected chi connectivity index (χ3v) is 4.63. The second-order valence-corrected chi connectivity index (χ2v) is 6.15. The van der Waals surface area contributed by atoms with E-state index in [1.807, 2.05) is 18.3 Å². The molecule has 0 amide bonds. The third-order valence-electron chi connectivity index (χ3n) is 3.86. The lowest BCUT2D eigenvalue weighted by atomic mass is 10.2. The Kier molecular flexibility index (Phi) is 4.41. The van der Waals surface area contributed by atoms with Crippen molar-refractivity contribution in [2.45, 2.75) is 6.54 Å². The number of anilines is 2. The minimum absolute atomic E-state index is 0.575. The molecule has 1 fully saturated rings. The lowest BCUT2D eigenvalue weighted by Crippen LogP contribution is -2.46. The zero-order chi connectivity index (χ0) is 14.7. The smallest absolute Gasteiger partial charge is 0.123 e. The van der Waals surface area contributed by atoms with Crippen LogP contribution in [0.1, 0.15) is 5.56 Å². The molecule has 0 spiro atoms. The van der Waals surface area contributed by atoms with Gasteiger partial charge in [-0.05, 0) is 23.8 Å². The number of hydrogen-bond acceptors (Lipinski definition) is 4. The van der Waals surface area contributed by atoms with Crippen molar-refractivity contribution in [3.63, 3.8) is 0 Å². The molecule has 1 aromatic carbocycles. The van der Waals surface area contributed by atoms with Gasteiger partial charge >= 0.3 is 0 Å². The van der Waals surface area contributed by atoms with Crippen molar-refractivity contribution in [3.8, 4) is 0 Å². The Bertz CT molecular complexity index is 591. The van der Waals surface area contributed by atoms with E-state index in [9.17, 15) is 0 Å². The number of pyridine rings is 1. The van der Waals surface area contributed by atoms with Gasteiger partial charge in [-0.2, -0.15) is 0 Å². The van der Waals surface area contributed by atoms with Crippen LogP contribution in [0.25, 0.3) is 0 Å². The molecule has 0 saturated carbocycles. The largest absolute Gasteiger partial charge is 0.384 e. The Hall–Kier alpha value is -1.59. The van der Waals surface area contributed by atoms with Gasteiger partial charge in [0.25, 0.3) is 0 Å². The number of benzene rings is 1. The van der Waals surface area contributed by atoms with Gasteiger partial charge in [0, 0.05) is 37.2 Å². The van der Waals surface area contributed by atoms with Crippen LogP contribution in [-0.4, -0.2) is 36.1 Å². The van der Waals surface area contributed by atoms with E-state index in [1.165, 1.54) is 10.0 Å². The molecule has 4 nitrogen and oxygen atoms in total. The highest BCUT2D eigenvalue weighted by Gasteiger charge is 2.18. The molecule has 2 aromatic rings. The summed E-state index contributed by atoms with van der Waals surface area (Å²) in [5, 5.41) is 0. The van der Waals surface area contributed by atoms with Crippen LogP contribution in [0.4, 0.5) is 11.5 Å². The van der Waals surface area contributed by atoms with Crippen LogP contribution < -0.4 is 10.6 Å². The maximum atomic E-state index is 5.64. The zero-order valence-corrected chi connectivity index (χ0v) is 13.5. The predicted molar refractivity (Wildman–Crippen MR) is 90.3 cm³/mol. The third kappa shape index (κ3) is 3.54. The van der Waals surface area contributed by atoms with E-state index in [1.54, 1.807) is 0 Å². The summed E-state index contributed by atoms with van der Waals surface area (Å²) in [7, 11) is 0. The first-order valence-corrected chi connectivity index (χ1v) is 7.94. The molecule has 3 rings (SSSR count). The minimum atomic E-state index is 0.575. The lowest BCUT2D eigenvalue weighted by molar-refractivity contribution is 0.249. The molecule has 0 aliphatic carbocycles. The fourth-order valence-electron chi connectivity index (χ4n) is 2.62. The Morgan fingerprint density at radius 2 is 1.81 bits per heavy atom. The Morgan fingerprint density at radius 1 is 1.05 bits per heavy atom. The van der Waals surface area contributed by atoms with E-state index in [0.717, 1.165) is 38.4 Å². The van der Waals surface area contributed by atoms with Crippen molar-refractivity contribution in [2.24, 2.45) is 0 Å². The Morgan fingerprint density at radius 3 is 2.48 bits per heavy atom. The van der Waals surface area contributed by atoms with Crippen molar-refractivity contribution in [2.75, 3.05) is 36.8 Å². The van der Waals surface area contributed by atoms with Gasteiger partial charge in [0.15, 0.2) is 0 Å². The molecule has 110 valence electrons. The van der Waals surface area contributed by atoms with Gasteiger partial charge in [-0.25, -0.2) is 4.98 Å². The molecule has 5 heteroatoms. The summed E-state index contributed by atoms with van der Waals surface area (Å²) < 4.78 is 1.19. The zero-order valence-electron chi connectivity index (χ0n) is 11.9. The van der Waals surface area contributed by atoms with Crippen molar-refractivity contribution >= 4 is 27.4 Å². The predicted octanol–water partition coefficient (Wildman–Crippen LogP) is 2.75. The maximum Gasteiger partial charge on any atom is 0.123 e. The highest BCUT2D eigenvalue weighted by Crippen LogP contribution is 2.20. The lowest BCUT2D eigenvalue weighted by Gasteiger charge is -2.36. The summed E-state index contributed by atoms with van der Waals surface area (Å²) in [4.78, 5) is 9.02. The number of rotatable bonds is 3. The second kappa shape index (κ2) is 6.45. The van der Waals surface area contributed by atoms with Crippen molar-refractivity contribution in [3.05, 3.63) is 52.6 Å². The molecule has 1 aromatic heterocycles. The Balaban J connectivity index is 1.58. The molecule has 2 heterocycles. The van der Waals surface area contributed by atoms with E-state index < -0.39 is 0 Å². The first-order chi connectivity index (χ1) is 10.2. The highest BCUT2D eigenvalue weighted by atomic mass is 79.9. The average Bonchev–Trinajstić information content (AvgIpc) is 2.51. The number of nitrogen functional groups attached to an aromatic ring is 1. The molecule has 0 radical (unpaired) electrons. The van der Waals surface area contributed by atoms with Crippen molar-refractivity contribution < 1.29 is 0 Å². The molecule has 1 aliphatic rings.